The normalized spacial score (nSPS) is 10.9. The first-order valence-electron chi connectivity index (χ1n) is 19.8. The maximum Gasteiger partial charge on any atom is 0.0710 e. The average Bonchev–Trinajstić information content (AvgIpc) is 3.62. The number of rotatable bonds is 7. The molecule has 0 bridgehead atoms. The van der Waals surface area contributed by atoms with Crippen molar-refractivity contribution in [1.82, 2.24) is 9.55 Å². The average molecular weight is 746 g/mol. The Kier molecular flexibility index (Phi) is 10.2. The number of aromatic nitrogens is 2. The number of nitrogens with one attached hydrogen (secondary N) is 1. The minimum atomic E-state index is 0.935. The summed E-state index contributed by atoms with van der Waals surface area (Å²) in [5.74, 6) is 0. The van der Waals surface area contributed by atoms with Crippen LogP contribution in [0.2, 0.25) is 0 Å². The fraction of sp³-hybridized carbons (Fsp3) is 0.0364. The molecule has 2 aromatic heterocycles. The molecule has 2 heterocycles. The second-order valence-corrected chi connectivity index (χ2v) is 14.6. The number of hydrogen-bond acceptors (Lipinski definition) is 2. The molecule has 0 aliphatic rings. The fourth-order valence-electron chi connectivity index (χ4n) is 7.76. The van der Waals surface area contributed by atoms with E-state index in [4.69, 9.17) is 4.98 Å². The molecule has 0 amide bonds. The van der Waals surface area contributed by atoms with E-state index in [1.165, 1.54) is 55.2 Å². The van der Waals surface area contributed by atoms with Gasteiger partial charge in [-0.05, 0) is 90.7 Å². The van der Waals surface area contributed by atoms with Crippen molar-refractivity contribution in [1.29, 1.82) is 0 Å². The molecule has 0 aliphatic heterocycles. The predicted molar refractivity (Wildman–Crippen MR) is 246 cm³/mol. The van der Waals surface area contributed by atoms with Gasteiger partial charge >= 0.3 is 0 Å². The number of fused-ring (bicyclic) bond motifs is 3. The number of benzene rings is 8. The Labute approximate surface area is 340 Å². The molecule has 0 unspecified atom stereocenters. The van der Waals surface area contributed by atoms with Gasteiger partial charge in [0.2, 0.25) is 0 Å². The third kappa shape index (κ3) is 7.54. The van der Waals surface area contributed by atoms with E-state index in [0.717, 1.165) is 39.6 Å². The summed E-state index contributed by atoms with van der Waals surface area (Å²) in [5, 5.41) is 6.16. The van der Waals surface area contributed by atoms with E-state index in [0.29, 0.717) is 0 Å². The third-order valence-electron chi connectivity index (χ3n) is 10.7. The molecule has 0 atom stereocenters. The maximum absolute atomic E-state index is 5.14. The molecule has 3 nitrogen and oxygen atoms in total. The zero-order valence-electron chi connectivity index (χ0n) is 32.7. The fourth-order valence-corrected chi connectivity index (χ4v) is 7.76. The van der Waals surface area contributed by atoms with Gasteiger partial charge < -0.3 is 9.88 Å². The van der Waals surface area contributed by atoms with Crippen LogP contribution in [0.3, 0.4) is 0 Å². The van der Waals surface area contributed by atoms with Crippen LogP contribution >= 0.6 is 0 Å². The molecule has 278 valence electrons. The predicted octanol–water partition coefficient (Wildman–Crippen LogP) is 14.9. The quantitative estimate of drug-likeness (QED) is 0.176. The summed E-state index contributed by atoms with van der Waals surface area (Å²) in [6, 6.07) is 76.7. The molecule has 8 aromatic carbocycles. The Morgan fingerprint density at radius 2 is 0.931 bits per heavy atom. The number of para-hydroxylation sites is 3. The van der Waals surface area contributed by atoms with Gasteiger partial charge in [0, 0.05) is 44.5 Å². The molecule has 0 radical (unpaired) electrons. The van der Waals surface area contributed by atoms with Crippen molar-refractivity contribution in [3.05, 3.63) is 230 Å². The number of anilines is 2. The lowest BCUT2D eigenvalue weighted by Gasteiger charge is -2.14. The van der Waals surface area contributed by atoms with E-state index >= 15 is 0 Å². The van der Waals surface area contributed by atoms with Crippen molar-refractivity contribution < 1.29 is 0 Å². The molecule has 0 saturated carbocycles. The topological polar surface area (TPSA) is 29.9 Å². The summed E-state index contributed by atoms with van der Waals surface area (Å²) >= 11 is 0. The van der Waals surface area contributed by atoms with E-state index in [9.17, 15) is 0 Å². The largest absolute Gasteiger partial charge is 0.355 e. The smallest absolute Gasteiger partial charge is 0.0710 e. The summed E-state index contributed by atoms with van der Waals surface area (Å²) in [7, 11) is 0. The molecule has 58 heavy (non-hydrogen) atoms. The van der Waals surface area contributed by atoms with Crippen LogP contribution in [0, 0.1) is 13.8 Å². The standard InChI is InChI=1S/C41H29N3.C14H14/c1-2-13-29(14-3-1)34-19-4-7-22-39(34)42-32-17-10-15-30(27-32)37-23-12-24-38(43-37)31-16-11-18-33(28-31)44-40-25-8-5-20-35(40)36-21-6-9-26-41(36)44;1-11-7-9-13(10-8-11)14-6-4-3-5-12(14)2/h1-28,42H;3-10H,1-2H3. The first kappa shape index (κ1) is 36.2. The number of aryl methyl sites for hydroxylation is 2. The second kappa shape index (κ2) is 16.3. The van der Waals surface area contributed by atoms with Crippen molar-refractivity contribution in [2.24, 2.45) is 0 Å². The van der Waals surface area contributed by atoms with Gasteiger partial charge in [0.1, 0.15) is 0 Å². The zero-order valence-corrected chi connectivity index (χ0v) is 32.7. The highest BCUT2D eigenvalue weighted by molar-refractivity contribution is 6.09. The zero-order chi connectivity index (χ0) is 39.3. The second-order valence-electron chi connectivity index (χ2n) is 14.6. The number of pyridine rings is 1. The van der Waals surface area contributed by atoms with Crippen molar-refractivity contribution in [3.63, 3.8) is 0 Å². The van der Waals surface area contributed by atoms with Crippen LogP contribution in [0.25, 0.3) is 72.3 Å². The van der Waals surface area contributed by atoms with Crippen LogP contribution in [0.15, 0.2) is 218 Å². The molecule has 3 heteroatoms. The highest BCUT2D eigenvalue weighted by Crippen LogP contribution is 2.35. The van der Waals surface area contributed by atoms with E-state index in [-0.39, 0.29) is 0 Å². The summed E-state index contributed by atoms with van der Waals surface area (Å²) in [6.45, 7) is 4.26. The third-order valence-corrected chi connectivity index (χ3v) is 10.7. The van der Waals surface area contributed by atoms with Crippen LogP contribution in [0.1, 0.15) is 11.1 Å². The summed E-state index contributed by atoms with van der Waals surface area (Å²) in [4.78, 5) is 5.14. The molecule has 10 rings (SSSR count). The van der Waals surface area contributed by atoms with Gasteiger partial charge in [-0.3, -0.25) is 0 Å². The van der Waals surface area contributed by atoms with Gasteiger partial charge in [-0.2, -0.15) is 0 Å². The highest BCUT2D eigenvalue weighted by Gasteiger charge is 2.13. The summed E-state index contributed by atoms with van der Waals surface area (Å²) in [6.07, 6.45) is 0. The van der Waals surface area contributed by atoms with Gasteiger partial charge in [0.25, 0.3) is 0 Å². The first-order valence-corrected chi connectivity index (χ1v) is 19.8. The van der Waals surface area contributed by atoms with Crippen LogP contribution in [0.5, 0.6) is 0 Å². The molecule has 0 saturated heterocycles. The van der Waals surface area contributed by atoms with Crippen molar-refractivity contribution in [2.75, 3.05) is 5.32 Å². The summed E-state index contributed by atoms with van der Waals surface area (Å²) < 4.78 is 2.35. The van der Waals surface area contributed by atoms with Crippen molar-refractivity contribution >= 4 is 33.2 Å². The molecular weight excluding hydrogens is 703 g/mol. The minimum Gasteiger partial charge on any atom is -0.355 e. The molecule has 0 aliphatic carbocycles. The molecule has 10 aromatic rings. The van der Waals surface area contributed by atoms with Crippen LogP contribution in [0.4, 0.5) is 11.4 Å². The van der Waals surface area contributed by atoms with E-state index in [1.807, 2.05) is 6.07 Å². The molecule has 0 spiro atoms. The number of nitrogens with zero attached hydrogens (tertiary/aromatic N) is 2. The Bertz CT molecular complexity index is 2940. The number of hydrogen-bond donors (Lipinski definition) is 1. The Morgan fingerprint density at radius 1 is 0.397 bits per heavy atom. The highest BCUT2D eigenvalue weighted by atomic mass is 15.0. The minimum absolute atomic E-state index is 0.935. The molecule has 0 fully saturated rings. The van der Waals surface area contributed by atoms with E-state index in [2.05, 4.69) is 236 Å². The molecule has 1 N–H and O–H groups in total. The van der Waals surface area contributed by atoms with E-state index < -0.39 is 0 Å². The van der Waals surface area contributed by atoms with Crippen molar-refractivity contribution in [2.45, 2.75) is 13.8 Å². The van der Waals surface area contributed by atoms with Crippen LogP contribution < -0.4 is 5.32 Å². The monoisotopic (exact) mass is 745 g/mol. The lowest BCUT2D eigenvalue weighted by atomic mass is 10.00. The Morgan fingerprint density at radius 3 is 1.64 bits per heavy atom. The maximum atomic E-state index is 5.14. The van der Waals surface area contributed by atoms with Gasteiger partial charge in [0.05, 0.1) is 22.4 Å². The van der Waals surface area contributed by atoms with Crippen LogP contribution in [-0.2, 0) is 0 Å². The Balaban J connectivity index is 0.000000263. The van der Waals surface area contributed by atoms with E-state index in [1.54, 1.807) is 0 Å². The van der Waals surface area contributed by atoms with Gasteiger partial charge in [-0.15, -0.1) is 0 Å². The Hall–Kier alpha value is -7.49. The van der Waals surface area contributed by atoms with Gasteiger partial charge in [-0.1, -0.05) is 169 Å². The SMILES string of the molecule is Cc1ccc(-c2ccccc2C)cc1.c1ccc(-c2ccccc2Nc2cccc(-c3cccc(-c4cccc(-n5c6ccccc6c6ccccc65)c4)n3)c2)cc1. The van der Waals surface area contributed by atoms with Crippen LogP contribution in [-0.4, -0.2) is 9.55 Å². The first-order chi connectivity index (χ1) is 28.6. The van der Waals surface area contributed by atoms with Crippen molar-refractivity contribution in [3.8, 4) is 50.5 Å². The summed E-state index contributed by atoms with van der Waals surface area (Å²) in [5.41, 5.74) is 17.2. The lowest BCUT2D eigenvalue weighted by Crippen LogP contribution is -1.95. The lowest BCUT2D eigenvalue weighted by molar-refractivity contribution is 1.18. The van der Waals surface area contributed by atoms with Gasteiger partial charge in [-0.25, -0.2) is 4.98 Å². The van der Waals surface area contributed by atoms with Gasteiger partial charge in [0.15, 0.2) is 0 Å². The molecular formula is C55H43N3.